The maximum absolute atomic E-state index is 9.56. The van der Waals surface area contributed by atoms with E-state index in [4.69, 9.17) is 4.55 Å². The van der Waals surface area contributed by atoms with E-state index in [2.05, 4.69) is 0 Å². The van der Waals surface area contributed by atoms with Crippen LogP contribution in [0.4, 0.5) is 0 Å². The molecule has 0 spiro atoms. The third-order valence-electron chi connectivity index (χ3n) is 0.365. The van der Waals surface area contributed by atoms with Crippen LogP contribution in [0, 0.1) is 0 Å². The lowest BCUT2D eigenvalue weighted by molar-refractivity contribution is 0.484. The molecule has 6 heteroatoms. The van der Waals surface area contributed by atoms with E-state index in [0.717, 1.165) is 0 Å². The minimum atomic E-state index is -3.66. The first-order valence-corrected chi connectivity index (χ1v) is 3.12. The zero-order chi connectivity index (χ0) is 5.21. The highest BCUT2D eigenvalue weighted by Gasteiger charge is 1.93. The Morgan fingerprint density at radius 2 is 1.62 bits per heavy atom. The van der Waals surface area contributed by atoms with Crippen LogP contribution in [0.25, 0.3) is 0 Å². The Kier molecular flexibility index (Phi) is 9.74. The van der Waals surface area contributed by atoms with Crippen LogP contribution in [0.1, 0.15) is 6.92 Å². The van der Waals surface area contributed by atoms with E-state index in [-0.39, 0.29) is 17.4 Å². The molecule has 0 aliphatic rings. The van der Waals surface area contributed by atoms with Crippen molar-refractivity contribution < 1.29 is 18.4 Å². The van der Waals surface area contributed by atoms with Gasteiger partial charge in [0.2, 0.25) is 0 Å². The van der Waals surface area contributed by atoms with E-state index in [1.54, 1.807) is 0 Å². The Balaban J connectivity index is -0.000000125. The number of rotatable bonds is 1. The fraction of sp³-hybridized carbons (Fsp3) is 1.00. The Morgan fingerprint density at radius 3 is 1.62 bits per heavy atom. The molecule has 54 valence electrons. The van der Waals surface area contributed by atoms with Crippen LogP contribution < -0.4 is 6.15 Å². The first-order chi connectivity index (χ1) is 2.56. The number of hydrogen-bond acceptors (Lipinski definition) is 3. The normalized spacial score (nSPS) is 8.75. The van der Waals surface area contributed by atoms with Gasteiger partial charge in [-0.1, -0.05) is 0 Å². The lowest BCUT2D eigenvalue weighted by atomic mass is 11.0. The Labute approximate surface area is 48.3 Å². The SMILES string of the molecule is CCS(=O)(=O)O.N.O. The highest BCUT2D eigenvalue weighted by molar-refractivity contribution is 7.85. The van der Waals surface area contributed by atoms with Crippen molar-refractivity contribution in [2.24, 2.45) is 0 Å². The first kappa shape index (κ1) is 15.7. The van der Waals surface area contributed by atoms with E-state index >= 15 is 0 Å². The molecule has 0 heterocycles. The second-order valence-corrected chi connectivity index (χ2v) is 2.61. The molecule has 0 aliphatic heterocycles. The van der Waals surface area contributed by atoms with E-state index in [9.17, 15) is 8.42 Å². The molecule has 5 nitrogen and oxygen atoms in total. The molecule has 0 radical (unpaired) electrons. The minimum absolute atomic E-state index is 0. The fourth-order valence-electron chi connectivity index (χ4n) is 0. The summed E-state index contributed by atoms with van der Waals surface area (Å²) in [6, 6.07) is 0. The second-order valence-electron chi connectivity index (χ2n) is 0.871. The molecule has 0 amide bonds. The predicted octanol–water partition coefficient (Wildman–Crippen LogP) is -0.769. The van der Waals surface area contributed by atoms with Gasteiger partial charge in [0.25, 0.3) is 10.1 Å². The molecule has 0 saturated heterocycles. The molecular formula is C2H11NO4S. The fourth-order valence-corrected chi connectivity index (χ4v) is 0. The monoisotopic (exact) mass is 145 g/mol. The standard InChI is InChI=1S/C2H6O3S.H3N.H2O/c1-2-6(3,4)5;;/h2H2,1H3,(H,3,4,5);1H3;1H2. The largest absolute Gasteiger partial charge is 0.412 e. The van der Waals surface area contributed by atoms with Gasteiger partial charge in [-0.05, 0) is 6.92 Å². The van der Waals surface area contributed by atoms with E-state index in [0.29, 0.717) is 0 Å². The van der Waals surface area contributed by atoms with Crippen molar-refractivity contribution in [2.75, 3.05) is 5.75 Å². The maximum Gasteiger partial charge on any atom is 0.264 e. The molecule has 0 fully saturated rings. The summed E-state index contributed by atoms with van der Waals surface area (Å²) in [7, 11) is -3.66. The highest BCUT2D eigenvalue weighted by atomic mass is 32.2. The molecule has 0 atom stereocenters. The second kappa shape index (κ2) is 4.98. The van der Waals surface area contributed by atoms with Crippen LogP contribution in [0.15, 0.2) is 0 Å². The highest BCUT2D eigenvalue weighted by Crippen LogP contribution is 1.74. The molecule has 6 N–H and O–H groups in total. The number of hydrogen-bond donors (Lipinski definition) is 2. The Bertz CT molecular complexity index is 116. The molecule has 8 heavy (non-hydrogen) atoms. The minimum Gasteiger partial charge on any atom is -0.412 e. The average Bonchev–Trinajstić information content (AvgIpc) is 1.35. The quantitative estimate of drug-likeness (QED) is 0.470. The topological polar surface area (TPSA) is 121 Å². The van der Waals surface area contributed by atoms with E-state index in [1.807, 2.05) is 0 Å². The van der Waals surface area contributed by atoms with Crippen molar-refractivity contribution in [3.8, 4) is 0 Å². The zero-order valence-electron chi connectivity index (χ0n) is 4.59. The molecule has 0 aromatic rings. The van der Waals surface area contributed by atoms with Crippen LogP contribution in [0.2, 0.25) is 0 Å². The summed E-state index contributed by atoms with van der Waals surface area (Å²) in [6.45, 7) is 1.37. The van der Waals surface area contributed by atoms with Crippen LogP contribution in [0.3, 0.4) is 0 Å². The van der Waals surface area contributed by atoms with Gasteiger partial charge in [0, 0.05) is 0 Å². The van der Waals surface area contributed by atoms with Gasteiger partial charge in [-0.2, -0.15) is 8.42 Å². The molecule has 0 bridgehead atoms. The van der Waals surface area contributed by atoms with Gasteiger partial charge < -0.3 is 11.6 Å². The van der Waals surface area contributed by atoms with Crippen LogP contribution in [0.5, 0.6) is 0 Å². The van der Waals surface area contributed by atoms with Crippen molar-refractivity contribution in [3.05, 3.63) is 0 Å². The smallest absolute Gasteiger partial charge is 0.264 e. The van der Waals surface area contributed by atoms with Gasteiger partial charge in [-0.3, -0.25) is 4.55 Å². The van der Waals surface area contributed by atoms with Crippen molar-refractivity contribution in [1.82, 2.24) is 6.15 Å². The van der Waals surface area contributed by atoms with Crippen molar-refractivity contribution >= 4 is 10.1 Å². The van der Waals surface area contributed by atoms with Gasteiger partial charge in [-0.15, -0.1) is 0 Å². The van der Waals surface area contributed by atoms with Crippen LogP contribution in [-0.4, -0.2) is 24.2 Å². The Hall–Kier alpha value is -0.170. The molecule has 0 aromatic carbocycles. The molecular weight excluding hydrogens is 134 g/mol. The average molecular weight is 145 g/mol. The summed E-state index contributed by atoms with van der Waals surface area (Å²) in [4.78, 5) is 0. The van der Waals surface area contributed by atoms with Crippen molar-refractivity contribution in [1.29, 1.82) is 0 Å². The summed E-state index contributed by atoms with van der Waals surface area (Å²) >= 11 is 0. The van der Waals surface area contributed by atoms with Gasteiger partial charge >= 0.3 is 0 Å². The molecule has 0 aromatic heterocycles. The van der Waals surface area contributed by atoms with Gasteiger partial charge in [0.15, 0.2) is 0 Å². The van der Waals surface area contributed by atoms with E-state index < -0.39 is 10.1 Å². The van der Waals surface area contributed by atoms with Crippen LogP contribution in [-0.2, 0) is 10.1 Å². The van der Waals surface area contributed by atoms with Crippen molar-refractivity contribution in [3.63, 3.8) is 0 Å². The summed E-state index contributed by atoms with van der Waals surface area (Å²) in [6.07, 6.45) is 0. The molecule has 0 unspecified atom stereocenters. The summed E-state index contributed by atoms with van der Waals surface area (Å²) in [5, 5.41) is 0. The molecule has 0 aliphatic carbocycles. The summed E-state index contributed by atoms with van der Waals surface area (Å²) in [5.74, 6) is -0.201. The Morgan fingerprint density at radius 1 is 1.50 bits per heavy atom. The van der Waals surface area contributed by atoms with Gasteiger partial charge in [-0.25, -0.2) is 0 Å². The lowest BCUT2D eigenvalue weighted by Gasteiger charge is -1.79. The third-order valence-corrected chi connectivity index (χ3v) is 1.09. The first-order valence-electron chi connectivity index (χ1n) is 1.51. The van der Waals surface area contributed by atoms with E-state index in [1.165, 1.54) is 6.92 Å². The van der Waals surface area contributed by atoms with Crippen LogP contribution >= 0.6 is 0 Å². The third kappa shape index (κ3) is 17.0. The van der Waals surface area contributed by atoms with Crippen molar-refractivity contribution in [2.45, 2.75) is 6.92 Å². The predicted molar refractivity (Wildman–Crippen MR) is 30.7 cm³/mol. The molecule has 0 saturated carbocycles. The zero-order valence-corrected chi connectivity index (χ0v) is 5.40. The summed E-state index contributed by atoms with van der Waals surface area (Å²) in [5.41, 5.74) is 0. The maximum atomic E-state index is 9.56. The lowest BCUT2D eigenvalue weighted by Crippen LogP contribution is -1.97. The van der Waals surface area contributed by atoms with Gasteiger partial charge in [0.05, 0.1) is 5.75 Å². The summed E-state index contributed by atoms with van der Waals surface area (Å²) < 4.78 is 26.9. The molecule has 0 rings (SSSR count). The van der Waals surface area contributed by atoms with Gasteiger partial charge in [0.1, 0.15) is 0 Å².